The van der Waals surface area contributed by atoms with Gasteiger partial charge in [-0.05, 0) is 24.3 Å². The van der Waals surface area contributed by atoms with Crippen molar-refractivity contribution in [2.75, 3.05) is 7.11 Å². The Morgan fingerprint density at radius 2 is 1.57 bits per heavy atom. The number of rotatable bonds is 5. The van der Waals surface area contributed by atoms with Crippen LogP contribution in [0.2, 0.25) is 0 Å². The molecule has 0 atom stereocenters. The van der Waals surface area contributed by atoms with Gasteiger partial charge in [-0.3, -0.25) is 0 Å². The number of carbonyl (C=O) groups is 1. The molecule has 5 heteroatoms. The van der Waals surface area contributed by atoms with Gasteiger partial charge in [-0.15, -0.1) is 0 Å². The molecule has 2 rings (SSSR count). The second-order valence-corrected chi connectivity index (χ2v) is 4.19. The van der Waals surface area contributed by atoms with Gasteiger partial charge >= 0.3 is 5.97 Å². The first kappa shape index (κ1) is 14.5. The van der Waals surface area contributed by atoms with Crippen molar-refractivity contribution in [3.8, 4) is 11.5 Å². The van der Waals surface area contributed by atoms with Crippen LogP contribution in [0.5, 0.6) is 11.5 Å². The lowest BCUT2D eigenvalue weighted by Gasteiger charge is -2.10. The van der Waals surface area contributed by atoms with Crippen LogP contribution in [0.25, 0.3) is 5.70 Å². The van der Waals surface area contributed by atoms with Crippen LogP contribution in [0.3, 0.4) is 0 Å². The lowest BCUT2D eigenvalue weighted by molar-refractivity contribution is -0.134. The van der Waals surface area contributed by atoms with E-state index in [4.69, 9.17) is 15.2 Å². The highest BCUT2D eigenvalue weighted by molar-refractivity contribution is 5.94. The fraction of sp³-hybridized carbons (Fsp3) is 0.0625. The number of aliphatic carboxylic acids is 1. The number of carboxylic acids is 1. The lowest BCUT2D eigenvalue weighted by atomic mass is 10.1. The molecule has 0 heterocycles. The van der Waals surface area contributed by atoms with Gasteiger partial charge in [0.15, 0.2) is 0 Å². The second-order valence-electron chi connectivity index (χ2n) is 4.19. The van der Waals surface area contributed by atoms with E-state index in [0.29, 0.717) is 17.1 Å². The van der Waals surface area contributed by atoms with Gasteiger partial charge in [0.2, 0.25) is 5.76 Å². The van der Waals surface area contributed by atoms with Crippen LogP contribution < -0.4 is 15.2 Å². The highest BCUT2D eigenvalue weighted by atomic mass is 16.5. The Kier molecular flexibility index (Phi) is 4.46. The Morgan fingerprint density at radius 3 is 2.10 bits per heavy atom. The van der Waals surface area contributed by atoms with E-state index in [2.05, 4.69) is 0 Å². The zero-order valence-electron chi connectivity index (χ0n) is 11.4. The second kappa shape index (κ2) is 6.47. The number of hydrogen-bond acceptors (Lipinski definition) is 4. The fourth-order valence-corrected chi connectivity index (χ4v) is 1.72. The Hall–Kier alpha value is -2.95. The molecule has 0 radical (unpaired) electrons. The Morgan fingerprint density at radius 1 is 1.00 bits per heavy atom. The van der Waals surface area contributed by atoms with Crippen molar-refractivity contribution in [3.05, 3.63) is 65.9 Å². The highest BCUT2D eigenvalue weighted by Crippen LogP contribution is 2.22. The molecule has 0 aliphatic rings. The number of methoxy groups -OCH3 is 1. The summed E-state index contributed by atoms with van der Waals surface area (Å²) in [6, 6.07) is 15.4. The van der Waals surface area contributed by atoms with E-state index < -0.39 is 5.97 Å². The molecule has 0 aromatic heterocycles. The monoisotopic (exact) mass is 285 g/mol. The first-order valence-corrected chi connectivity index (χ1v) is 6.22. The molecule has 0 aliphatic carbocycles. The van der Waals surface area contributed by atoms with Crippen LogP contribution >= 0.6 is 0 Å². The maximum absolute atomic E-state index is 11.4. The van der Waals surface area contributed by atoms with Crippen LogP contribution in [0.4, 0.5) is 0 Å². The smallest absolute Gasteiger partial charge is 0.374 e. The summed E-state index contributed by atoms with van der Waals surface area (Å²) in [5, 5.41) is 9.28. The molecule has 5 nitrogen and oxygen atoms in total. The number of benzene rings is 2. The van der Waals surface area contributed by atoms with Gasteiger partial charge in [-0.1, -0.05) is 30.3 Å². The minimum absolute atomic E-state index is 0.0684. The normalized spacial score (nSPS) is 11.5. The van der Waals surface area contributed by atoms with Gasteiger partial charge in [0.25, 0.3) is 0 Å². The first-order valence-electron chi connectivity index (χ1n) is 6.22. The van der Waals surface area contributed by atoms with Crippen LogP contribution in [-0.4, -0.2) is 18.2 Å². The van der Waals surface area contributed by atoms with Gasteiger partial charge in [0.1, 0.15) is 11.5 Å². The summed E-state index contributed by atoms with van der Waals surface area (Å²) in [6.07, 6.45) is 0. The molecule has 0 aliphatic heterocycles. The van der Waals surface area contributed by atoms with Crippen LogP contribution in [-0.2, 0) is 4.79 Å². The Bertz CT molecular complexity index is 648. The zero-order chi connectivity index (χ0) is 15.2. The predicted octanol–water partition coefficient (Wildman–Crippen LogP) is 2.49. The van der Waals surface area contributed by atoms with E-state index in [1.807, 2.05) is 6.07 Å². The molecular formula is C16H15NO4. The molecular weight excluding hydrogens is 270 g/mol. The molecule has 21 heavy (non-hydrogen) atoms. The summed E-state index contributed by atoms with van der Waals surface area (Å²) in [5.74, 6) is -0.523. The van der Waals surface area contributed by atoms with Crippen LogP contribution in [0.15, 0.2) is 60.4 Å². The summed E-state index contributed by atoms with van der Waals surface area (Å²) < 4.78 is 10.4. The maximum Gasteiger partial charge on any atom is 0.374 e. The predicted molar refractivity (Wildman–Crippen MR) is 78.8 cm³/mol. The van der Waals surface area contributed by atoms with E-state index >= 15 is 0 Å². The van der Waals surface area contributed by atoms with E-state index in [1.165, 1.54) is 0 Å². The maximum atomic E-state index is 11.4. The quantitative estimate of drug-likeness (QED) is 0.651. The van der Waals surface area contributed by atoms with E-state index in [1.54, 1.807) is 55.6 Å². The van der Waals surface area contributed by atoms with Crippen molar-refractivity contribution in [1.82, 2.24) is 0 Å². The van der Waals surface area contributed by atoms with Crippen molar-refractivity contribution in [1.29, 1.82) is 0 Å². The van der Waals surface area contributed by atoms with E-state index in [9.17, 15) is 9.90 Å². The van der Waals surface area contributed by atoms with Crippen molar-refractivity contribution in [2.24, 2.45) is 5.73 Å². The fourth-order valence-electron chi connectivity index (χ4n) is 1.72. The highest BCUT2D eigenvalue weighted by Gasteiger charge is 2.16. The molecule has 2 aromatic carbocycles. The van der Waals surface area contributed by atoms with Gasteiger partial charge < -0.3 is 20.3 Å². The molecule has 0 fully saturated rings. The number of ether oxygens (including phenoxy) is 2. The third-order valence-corrected chi connectivity index (χ3v) is 2.80. The Labute approximate surface area is 122 Å². The zero-order valence-corrected chi connectivity index (χ0v) is 11.4. The van der Waals surface area contributed by atoms with Crippen molar-refractivity contribution < 1.29 is 19.4 Å². The average molecular weight is 285 g/mol. The largest absolute Gasteiger partial charge is 0.497 e. The molecule has 3 N–H and O–H groups in total. The minimum Gasteiger partial charge on any atom is -0.497 e. The number of hydrogen-bond donors (Lipinski definition) is 2. The van der Waals surface area contributed by atoms with E-state index in [0.717, 1.165) is 0 Å². The van der Waals surface area contributed by atoms with E-state index in [-0.39, 0.29) is 11.5 Å². The third-order valence-electron chi connectivity index (χ3n) is 2.80. The van der Waals surface area contributed by atoms with Gasteiger partial charge in [0.05, 0.1) is 12.8 Å². The third kappa shape index (κ3) is 3.54. The molecule has 0 saturated heterocycles. The topological polar surface area (TPSA) is 81.8 Å². The van der Waals surface area contributed by atoms with Crippen molar-refractivity contribution >= 4 is 11.7 Å². The molecule has 0 unspecified atom stereocenters. The summed E-state index contributed by atoms with van der Waals surface area (Å²) in [4.78, 5) is 11.4. The van der Waals surface area contributed by atoms with Gasteiger partial charge in [-0.25, -0.2) is 4.79 Å². The van der Waals surface area contributed by atoms with Gasteiger partial charge in [-0.2, -0.15) is 0 Å². The molecule has 0 bridgehead atoms. The number of nitrogens with two attached hydrogens (primary N) is 1. The Balaban J connectivity index is 2.33. The number of carboxylic acid groups (broad SMARTS) is 1. The minimum atomic E-state index is -1.23. The van der Waals surface area contributed by atoms with Crippen LogP contribution in [0, 0.1) is 0 Å². The summed E-state index contributed by atoms with van der Waals surface area (Å²) >= 11 is 0. The van der Waals surface area contributed by atoms with Crippen LogP contribution in [0.1, 0.15) is 5.56 Å². The van der Waals surface area contributed by atoms with Crippen molar-refractivity contribution in [3.63, 3.8) is 0 Å². The SMILES string of the molecule is COc1ccc(O/C(C(=O)O)=C(/N)c2ccccc2)cc1. The van der Waals surface area contributed by atoms with Gasteiger partial charge in [0, 0.05) is 5.56 Å². The first-order chi connectivity index (χ1) is 10.1. The standard InChI is InChI=1S/C16H15NO4/c1-20-12-7-9-13(10-8-12)21-15(16(18)19)14(17)11-5-3-2-4-6-11/h2-10H,17H2,1H3,(H,18,19)/b15-14+. The molecule has 2 aromatic rings. The lowest BCUT2D eigenvalue weighted by Crippen LogP contribution is -2.15. The molecule has 0 amide bonds. The van der Waals surface area contributed by atoms with Crippen molar-refractivity contribution in [2.45, 2.75) is 0 Å². The molecule has 108 valence electrons. The molecule has 0 spiro atoms. The summed E-state index contributed by atoms with van der Waals surface area (Å²) in [6.45, 7) is 0. The summed E-state index contributed by atoms with van der Waals surface area (Å²) in [5.41, 5.74) is 6.55. The summed E-state index contributed by atoms with van der Waals surface area (Å²) in [7, 11) is 1.55. The average Bonchev–Trinajstić information content (AvgIpc) is 2.53. The molecule has 0 saturated carbocycles.